The van der Waals surface area contributed by atoms with Gasteiger partial charge in [-0.25, -0.2) is 0 Å². The molecule has 0 aromatic carbocycles. The molecule has 2 aliphatic rings. The van der Waals surface area contributed by atoms with Crippen LogP contribution >= 0.6 is 0 Å². The highest BCUT2D eigenvalue weighted by molar-refractivity contribution is 5.94. The molecule has 0 radical (unpaired) electrons. The second-order valence-electron chi connectivity index (χ2n) is 5.17. The fourth-order valence-corrected chi connectivity index (χ4v) is 3.21. The Morgan fingerprint density at radius 3 is 2.71 bits per heavy atom. The topological polar surface area (TPSA) is 17.1 Å². The van der Waals surface area contributed by atoms with Crippen molar-refractivity contribution in [1.29, 1.82) is 0 Å². The van der Waals surface area contributed by atoms with Gasteiger partial charge in [0.15, 0.2) is 5.78 Å². The van der Waals surface area contributed by atoms with Gasteiger partial charge in [-0.05, 0) is 13.3 Å². The highest BCUT2D eigenvalue weighted by Crippen LogP contribution is 2.38. The molecule has 14 heavy (non-hydrogen) atoms. The number of likely N-dealkylation sites (N-methyl/N-ethyl adjacent to an activating group) is 1. The van der Waals surface area contributed by atoms with E-state index in [0.717, 1.165) is 22.5 Å². The Hall–Kier alpha value is -0.630. The van der Waals surface area contributed by atoms with Gasteiger partial charge in [0, 0.05) is 24.8 Å². The number of nitrogens with zero attached hydrogens (tertiary/aromatic N) is 1. The van der Waals surface area contributed by atoms with Crippen LogP contribution in [0.4, 0.5) is 0 Å². The fourth-order valence-electron chi connectivity index (χ4n) is 3.21. The molecule has 1 fully saturated rings. The average Bonchev–Trinajstić information content (AvgIpc) is 2.20. The Morgan fingerprint density at radius 1 is 1.36 bits per heavy atom. The van der Waals surface area contributed by atoms with E-state index in [1.54, 1.807) is 6.92 Å². The van der Waals surface area contributed by atoms with Gasteiger partial charge >= 0.3 is 0 Å². The van der Waals surface area contributed by atoms with Crippen LogP contribution < -0.4 is 0 Å². The molecule has 0 N–H and O–H groups in total. The Labute approximate surface area is 86.2 Å². The molecule has 0 aliphatic carbocycles. The molecule has 1 saturated heterocycles. The van der Waals surface area contributed by atoms with Gasteiger partial charge in [-0.3, -0.25) is 4.79 Å². The minimum Gasteiger partial charge on any atom is -0.320 e. The zero-order valence-electron chi connectivity index (χ0n) is 9.42. The van der Waals surface area contributed by atoms with Crippen molar-refractivity contribution in [2.75, 3.05) is 14.1 Å². The molecule has 2 aliphatic heterocycles. The van der Waals surface area contributed by atoms with Gasteiger partial charge < -0.3 is 4.48 Å². The van der Waals surface area contributed by atoms with Crippen LogP contribution in [-0.2, 0) is 4.79 Å². The maximum atomic E-state index is 11.5. The van der Waals surface area contributed by atoms with Crippen molar-refractivity contribution < 1.29 is 9.28 Å². The predicted octanol–water partition coefficient (Wildman–Crippen LogP) is 1.90. The molecule has 0 aromatic heterocycles. The van der Waals surface area contributed by atoms with Gasteiger partial charge in [0.05, 0.1) is 20.1 Å². The number of carbonyl (C=O) groups is 1. The summed E-state index contributed by atoms with van der Waals surface area (Å²) in [5.41, 5.74) is 1.09. The normalized spacial score (nSPS) is 34.9. The second-order valence-corrected chi connectivity index (χ2v) is 5.17. The summed E-state index contributed by atoms with van der Waals surface area (Å²) in [5.74, 6) is 0.281. The lowest BCUT2D eigenvalue weighted by molar-refractivity contribution is -0.919. The van der Waals surface area contributed by atoms with Crippen LogP contribution in [0.1, 0.15) is 32.6 Å². The van der Waals surface area contributed by atoms with Gasteiger partial charge in [0.1, 0.15) is 6.04 Å². The number of hydrogen-bond acceptors (Lipinski definition) is 1. The number of Topliss-reactive ketones (excluding diaryl/α,β-unsaturated/α-hetero) is 1. The smallest absolute Gasteiger partial charge is 0.161 e. The average molecular weight is 194 g/mol. The van der Waals surface area contributed by atoms with Crippen LogP contribution in [-0.4, -0.2) is 36.4 Å². The quantitative estimate of drug-likeness (QED) is 0.583. The van der Waals surface area contributed by atoms with Crippen molar-refractivity contribution >= 4 is 5.78 Å². The second kappa shape index (κ2) is 3.20. The SMILES string of the molecule is CC(=O)C1=CCCC2CCC1[N+]2(C)C. The molecule has 0 saturated carbocycles. The molecule has 2 atom stereocenters. The molecule has 2 heteroatoms. The Bertz CT molecular complexity index is 291. The first-order valence-corrected chi connectivity index (χ1v) is 5.58. The molecule has 2 nitrogen and oxygen atoms in total. The highest BCUT2D eigenvalue weighted by atomic mass is 16.1. The van der Waals surface area contributed by atoms with E-state index in [9.17, 15) is 4.79 Å². The minimum absolute atomic E-state index is 0.281. The molecule has 2 rings (SSSR count). The van der Waals surface area contributed by atoms with E-state index >= 15 is 0 Å². The number of rotatable bonds is 1. The first-order chi connectivity index (χ1) is 6.53. The standard InChI is InChI=1S/C12H20NO/c1-9(14)11-6-4-5-10-7-8-12(11)13(10,2)3/h6,10,12H,4-5,7-8H2,1-3H3/q+1. The maximum absolute atomic E-state index is 11.5. The number of allylic oxidation sites excluding steroid dienone is 1. The van der Waals surface area contributed by atoms with Crippen molar-refractivity contribution in [3.8, 4) is 0 Å². The van der Waals surface area contributed by atoms with Crippen LogP contribution in [0.5, 0.6) is 0 Å². The Balaban J connectivity index is 2.36. The number of ketones is 1. The summed E-state index contributed by atoms with van der Waals surface area (Å²) in [7, 11) is 4.56. The van der Waals surface area contributed by atoms with Gasteiger partial charge in [-0.1, -0.05) is 6.08 Å². The molecular formula is C12H20NO+. The molecule has 2 bridgehead atoms. The third kappa shape index (κ3) is 1.33. The fraction of sp³-hybridized carbons (Fsp3) is 0.750. The Morgan fingerprint density at radius 2 is 2.07 bits per heavy atom. The minimum atomic E-state index is 0.281. The summed E-state index contributed by atoms with van der Waals surface area (Å²) >= 11 is 0. The molecule has 78 valence electrons. The Kier molecular flexibility index (Phi) is 2.26. The largest absolute Gasteiger partial charge is 0.320 e. The maximum Gasteiger partial charge on any atom is 0.161 e. The van der Waals surface area contributed by atoms with E-state index in [-0.39, 0.29) is 5.78 Å². The van der Waals surface area contributed by atoms with E-state index in [0.29, 0.717) is 6.04 Å². The third-order valence-electron chi connectivity index (χ3n) is 4.15. The van der Waals surface area contributed by atoms with Crippen LogP contribution in [0.3, 0.4) is 0 Å². The zero-order chi connectivity index (χ0) is 10.3. The summed E-state index contributed by atoms with van der Waals surface area (Å²) < 4.78 is 1.03. The van der Waals surface area contributed by atoms with E-state index in [2.05, 4.69) is 20.2 Å². The zero-order valence-corrected chi connectivity index (χ0v) is 9.42. The summed E-state index contributed by atoms with van der Waals surface area (Å²) in [6.07, 6.45) is 7.02. The number of hydrogen-bond donors (Lipinski definition) is 0. The van der Waals surface area contributed by atoms with Crippen molar-refractivity contribution in [3.63, 3.8) is 0 Å². The lowest BCUT2D eigenvalue weighted by atomic mass is 9.97. The van der Waals surface area contributed by atoms with Gasteiger partial charge in [0.25, 0.3) is 0 Å². The van der Waals surface area contributed by atoms with Gasteiger partial charge in [-0.15, -0.1) is 0 Å². The monoisotopic (exact) mass is 194 g/mol. The van der Waals surface area contributed by atoms with Crippen LogP contribution in [0.25, 0.3) is 0 Å². The first-order valence-electron chi connectivity index (χ1n) is 5.58. The summed E-state index contributed by atoms with van der Waals surface area (Å²) in [4.78, 5) is 11.5. The van der Waals surface area contributed by atoms with Crippen molar-refractivity contribution in [2.24, 2.45) is 0 Å². The summed E-state index contributed by atoms with van der Waals surface area (Å²) in [5, 5.41) is 0. The highest BCUT2D eigenvalue weighted by Gasteiger charge is 2.46. The van der Waals surface area contributed by atoms with E-state index < -0.39 is 0 Å². The van der Waals surface area contributed by atoms with E-state index in [1.165, 1.54) is 19.3 Å². The van der Waals surface area contributed by atoms with E-state index in [4.69, 9.17) is 0 Å². The third-order valence-corrected chi connectivity index (χ3v) is 4.15. The molecule has 0 aromatic rings. The van der Waals surface area contributed by atoms with Gasteiger partial charge in [-0.2, -0.15) is 0 Å². The van der Waals surface area contributed by atoms with Crippen molar-refractivity contribution in [2.45, 2.75) is 44.7 Å². The number of quaternary nitrogens is 1. The summed E-state index contributed by atoms with van der Waals surface area (Å²) in [6, 6.07) is 1.24. The van der Waals surface area contributed by atoms with Crippen LogP contribution in [0, 0.1) is 0 Å². The van der Waals surface area contributed by atoms with Crippen LogP contribution in [0.2, 0.25) is 0 Å². The molecular weight excluding hydrogens is 174 g/mol. The lowest BCUT2D eigenvalue weighted by Gasteiger charge is -2.36. The number of carbonyl (C=O) groups excluding carboxylic acids is 1. The van der Waals surface area contributed by atoms with E-state index in [1.807, 2.05) is 0 Å². The molecule has 2 heterocycles. The lowest BCUT2D eigenvalue weighted by Crippen LogP contribution is -2.50. The summed E-state index contributed by atoms with van der Waals surface area (Å²) in [6.45, 7) is 1.71. The van der Waals surface area contributed by atoms with Crippen LogP contribution in [0.15, 0.2) is 11.6 Å². The molecule has 2 unspecified atom stereocenters. The van der Waals surface area contributed by atoms with Crippen molar-refractivity contribution in [1.82, 2.24) is 0 Å². The van der Waals surface area contributed by atoms with Gasteiger partial charge in [0.2, 0.25) is 0 Å². The molecule has 0 amide bonds. The van der Waals surface area contributed by atoms with Crippen molar-refractivity contribution in [3.05, 3.63) is 11.6 Å². The first kappa shape index (κ1) is 9.91. The predicted molar refractivity (Wildman–Crippen MR) is 56.9 cm³/mol. The number of fused-ring (bicyclic) bond motifs is 2. The molecule has 0 spiro atoms.